The van der Waals surface area contributed by atoms with Gasteiger partial charge >= 0.3 is 0 Å². The number of H-pyrrole nitrogens is 1. The minimum atomic E-state index is -0.337. The number of aromatic nitrogens is 3. The van der Waals surface area contributed by atoms with Crippen molar-refractivity contribution in [3.8, 4) is 5.75 Å². The third-order valence-corrected chi connectivity index (χ3v) is 2.61. The highest BCUT2D eigenvalue weighted by atomic mass is 16.5. The van der Waals surface area contributed by atoms with Gasteiger partial charge in [-0.25, -0.2) is 5.43 Å². The fraction of sp³-hybridized carbons (Fsp3) is 0.286. The van der Waals surface area contributed by atoms with Crippen LogP contribution in [0.5, 0.6) is 5.75 Å². The molecule has 1 aromatic carbocycles. The van der Waals surface area contributed by atoms with E-state index in [1.165, 1.54) is 0 Å². The Bertz CT molecular complexity index is 636. The molecular weight excluding hydrogens is 270 g/mol. The molecule has 0 unspecified atom stereocenters. The molecule has 110 valence electrons. The molecule has 0 aliphatic carbocycles. The summed E-state index contributed by atoms with van der Waals surface area (Å²) in [6.07, 6.45) is 4.86. The summed E-state index contributed by atoms with van der Waals surface area (Å²) >= 11 is 0. The molecular formula is C14H17N5O2. The topological polar surface area (TPSA) is 92.3 Å². The van der Waals surface area contributed by atoms with Gasteiger partial charge in [-0.2, -0.15) is 5.10 Å². The minimum Gasteiger partial charge on any atom is -0.494 e. The van der Waals surface area contributed by atoms with Crippen LogP contribution in [0.4, 0.5) is 5.95 Å². The largest absolute Gasteiger partial charge is 0.494 e. The summed E-state index contributed by atoms with van der Waals surface area (Å²) in [4.78, 5) is 13.5. The summed E-state index contributed by atoms with van der Waals surface area (Å²) in [5, 5.41) is 11.2. The first kappa shape index (κ1) is 14.7. The fourth-order valence-corrected chi connectivity index (χ4v) is 1.52. The van der Waals surface area contributed by atoms with E-state index in [1.807, 2.05) is 24.3 Å². The molecule has 0 spiro atoms. The lowest BCUT2D eigenvalue weighted by molar-refractivity contribution is 0.309. The molecule has 0 fully saturated rings. The minimum absolute atomic E-state index is 0.193. The van der Waals surface area contributed by atoms with Gasteiger partial charge in [0.15, 0.2) is 0 Å². The van der Waals surface area contributed by atoms with Crippen molar-refractivity contribution in [2.75, 3.05) is 12.0 Å². The van der Waals surface area contributed by atoms with Crippen LogP contribution in [0, 0.1) is 0 Å². The van der Waals surface area contributed by atoms with Crippen LogP contribution in [-0.2, 0) is 0 Å². The molecule has 21 heavy (non-hydrogen) atoms. The van der Waals surface area contributed by atoms with Gasteiger partial charge in [-0.1, -0.05) is 13.3 Å². The number of hydrogen-bond donors (Lipinski definition) is 2. The maximum Gasteiger partial charge on any atom is 0.271 e. The number of aromatic amines is 1. The lowest BCUT2D eigenvalue weighted by Crippen LogP contribution is -2.10. The summed E-state index contributed by atoms with van der Waals surface area (Å²) in [6, 6.07) is 7.57. The van der Waals surface area contributed by atoms with Crippen LogP contribution in [0.15, 0.2) is 40.4 Å². The van der Waals surface area contributed by atoms with Crippen molar-refractivity contribution in [2.24, 2.45) is 5.10 Å². The van der Waals surface area contributed by atoms with Crippen molar-refractivity contribution in [3.05, 3.63) is 46.4 Å². The van der Waals surface area contributed by atoms with Crippen molar-refractivity contribution >= 4 is 12.2 Å². The average Bonchev–Trinajstić information content (AvgIpc) is 2.49. The Balaban J connectivity index is 1.87. The van der Waals surface area contributed by atoms with Crippen molar-refractivity contribution in [3.63, 3.8) is 0 Å². The number of anilines is 1. The number of unbranched alkanes of at least 4 members (excludes halogenated alkanes) is 1. The number of rotatable bonds is 7. The first-order chi connectivity index (χ1) is 10.3. The number of nitrogens with zero attached hydrogens (tertiary/aromatic N) is 3. The van der Waals surface area contributed by atoms with E-state index < -0.39 is 0 Å². The predicted octanol–water partition coefficient (Wildman–Crippen LogP) is 1.79. The first-order valence-electron chi connectivity index (χ1n) is 6.72. The fourth-order valence-electron chi connectivity index (χ4n) is 1.52. The van der Waals surface area contributed by atoms with E-state index in [9.17, 15) is 4.79 Å². The van der Waals surface area contributed by atoms with E-state index in [1.54, 1.807) is 6.21 Å². The second kappa shape index (κ2) is 7.78. The van der Waals surface area contributed by atoms with Gasteiger partial charge < -0.3 is 4.74 Å². The SMILES string of the molecule is CCCCOc1ccc(/C=N/Nc2nncc(=O)[nH]2)cc1. The van der Waals surface area contributed by atoms with Gasteiger partial charge in [0.05, 0.1) is 12.8 Å². The Morgan fingerprint density at radius 2 is 2.19 bits per heavy atom. The summed E-state index contributed by atoms with van der Waals surface area (Å²) in [6.45, 7) is 2.85. The van der Waals surface area contributed by atoms with Gasteiger partial charge in [0.2, 0.25) is 5.95 Å². The number of nitrogens with one attached hydrogen (secondary N) is 2. The molecule has 0 aliphatic rings. The molecule has 1 aromatic heterocycles. The Morgan fingerprint density at radius 1 is 1.38 bits per heavy atom. The van der Waals surface area contributed by atoms with Crippen LogP contribution in [0.1, 0.15) is 25.3 Å². The highest BCUT2D eigenvalue weighted by Crippen LogP contribution is 2.11. The molecule has 2 rings (SSSR count). The Hall–Kier alpha value is -2.70. The van der Waals surface area contributed by atoms with Crippen molar-refractivity contribution in [2.45, 2.75) is 19.8 Å². The number of benzene rings is 1. The third-order valence-electron chi connectivity index (χ3n) is 2.61. The van der Waals surface area contributed by atoms with Crippen LogP contribution < -0.4 is 15.7 Å². The Kier molecular flexibility index (Phi) is 5.45. The van der Waals surface area contributed by atoms with Crippen molar-refractivity contribution in [1.29, 1.82) is 0 Å². The highest BCUT2D eigenvalue weighted by molar-refractivity contribution is 5.80. The molecule has 0 atom stereocenters. The summed E-state index contributed by atoms with van der Waals surface area (Å²) < 4.78 is 5.57. The van der Waals surface area contributed by atoms with Crippen LogP contribution in [0.25, 0.3) is 0 Å². The average molecular weight is 287 g/mol. The van der Waals surface area contributed by atoms with Gasteiger partial charge in [-0.15, -0.1) is 10.2 Å². The van der Waals surface area contributed by atoms with Crippen LogP contribution in [-0.4, -0.2) is 28.0 Å². The Morgan fingerprint density at radius 3 is 2.90 bits per heavy atom. The molecule has 2 N–H and O–H groups in total. The molecule has 7 nitrogen and oxygen atoms in total. The van der Waals surface area contributed by atoms with Gasteiger partial charge in [0.25, 0.3) is 5.56 Å². The first-order valence-corrected chi connectivity index (χ1v) is 6.72. The lowest BCUT2D eigenvalue weighted by Gasteiger charge is -2.04. The maximum absolute atomic E-state index is 11.0. The van der Waals surface area contributed by atoms with Crippen molar-refractivity contribution < 1.29 is 4.74 Å². The van der Waals surface area contributed by atoms with E-state index in [0.29, 0.717) is 0 Å². The standard InChI is InChI=1S/C14H17N5O2/c1-2-3-8-21-12-6-4-11(5-7-12)9-15-18-14-17-13(20)10-16-19-14/h4-7,9-10H,2-3,8H2,1H3,(H2,17,18,19,20)/b15-9+. The highest BCUT2D eigenvalue weighted by Gasteiger charge is 1.95. The molecule has 2 aromatic rings. The monoisotopic (exact) mass is 287 g/mol. The summed E-state index contributed by atoms with van der Waals surface area (Å²) in [5.74, 6) is 1.03. The van der Waals surface area contributed by atoms with Gasteiger partial charge in [-0.3, -0.25) is 9.78 Å². The zero-order valence-corrected chi connectivity index (χ0v) is 11.7. The molecule has 0 saturated carbocycles. The van der Waals surface area contributed by atoms with Crippen molar-refractivity contribution in [1.82, 2.24) is 15.2 Å². The number of ether oxygens (including phenoxy) is 1. The summed E-state index contributed by atoms with van der Waals surface area (Å²) in [5.41, 5.74) is 3.16. The number of hydrogen-bond acceptors (Lipinski definition) is 6. The molecule has 0 saturated heterocycles. The van der Waals surface area contributed by atoms with E-state index in [2.05, 4.69) is 32.6 Å². The quantitative estimate of drug-likeness (QED) is 0.460. The van der Waals surface area contributed by atoms with Crippen LogP contribution in [0.3, 0.4) is 0 Å². The zero-order chi connectivity index (χ0) is 14.9. The molecule has 7 heteroatoms. The normalized spacial score (nSPS) is 10.7. The smallest absolute Gasteiger partial charge is 0.271 e. The Labute approximate surface area is 122 Å². The molecule has 0 aliphatic heterocycles. The molecule has 0 radical (unpaired) electrons. The predicted molar refractivity (Wildman–Crippen MR) is 80.7 cm³/mol. The summed E-state index contributed by atoms with van der Waals surface area (Å²) in [7, 11) is 0. The molecule has 0 bridgehead atoms. The third kappa shape index (κ3) is 5.06. The van der Waals surface area contributed by atoms with Gasteiger partial charge in [0, 0.05) is 0 Å². The van der Waals surface area contributed by atoms with E-state index in [-0.39, 0.29) is 11.5 Å². The molecule has 1 heterocycles. The van der Waals surface area contributed by atoms with E-state index in [4.69, 9.17) is 4.74 Å². The maximum atomic E-state index is 11.0. The van der Waals surface area contributed by atoms with Gasteiger partial charge in [-0.05, 0) is 36.2 Å². The van der Waals surface area contributed by atoms with Crippen LogP contribution in [0.2, 0.25) is 0 Å². The van der Waals surface area contributed by atoms with Crippen LogP contribution >= 0.6 is 0 Å². The molecule has 0 amide bonds. The second-order valence-corrected chi connectivity index (χ2v) is 4.32. The van der Waals surface area contributed by atoms with Gasteiger partial charge in [0.1, 0.15) is 11.9 Å². The van der Waals surface area contributed by atoms with E-state index >= 15 is 0 Å². The second-order valence-electron chi connectivity index (χ2n) is 4.32. The lowest BCUT2D eigenvalue weighted by atomic mass is 10.2. The van der Waals surface area contributed by atoms with E-state index in [0.717, 1.165) is 37.0 Å². The number of hydrazone groups is 1. The zero-order valence-electron chi connectivity index (χ0n) is 11.7.